The van der Waals surface area contributed by atoms with Crippen LogP contribution in [0.15, 0.2) is 0 Å². The van der Waals surface area contributed by atoms with E-state index in [2.05, 4.69) is 27.7 Å². The van der Waals surface area contributed by atoms with Crippen LogP contribution >= 0.6 is 8.69 Å². The lowest BCUT2D eigenvalue weighted by molar-refractivity contribution is 0.220. The van der Waals surface area contributed by atoms with Gasteiger partial charge in [-0.25, -0.2) is 0 Å². The quantitative estimate of drug-likeness (QED) is 0.617. The molecule has 0 aromatic rings. The largest absolute Gasteiger partial charge is 0.494 e. The highest BCUT2D eigenvalue weighted by atomic mass is 31.1. The highest BCUT2D eigenvalue weighted by molar-refractivity contribution is 7.17. The fourth-order valence-electron chi connectivity index (χ4n) is 1.28. The van der Waals surface area contributed by atoms with Crippen LogP contribution in [0.1, 0.15) is 34.1 Å². The van der Waals surface area contributed by atoms with Gasteiger partial charge < -0.3 is 0 Å². The zero-order valence-electron chi connectivity index (χ0n) is 7.81. The first-order chi connectivity index (χ1) is 4.95. The van der Waals surface area contributed by atoms with Crippen LogP contribution in [-0.4, -0.2) is 6.61 Å². The summed E-state index contributed by atoms with van der Waals surface area (Å²) in [6.07, 6.45) is 1.11. The monoisotopic (exact) mass is 177 g/mol. The van der Waals surface area contributed by atoms with Crippen molar-refractivity contribution in [2.75, 3.05) is 6.61 Å². The summed E-state index contributed by atoms with van der Waals surface area (Å²) in [7, 11) is -0.613. The third-order valence-corrected chi connectivity index (χ3v) is 1.67. The standard InChI is InChI=1S/C8H18O2P/c1-7(6-10-11-9)5-8(2,3)4/h7,11H,5-6H2,1-4H3/q+1. The Balaban J connectivity index is 3.51. The van der Waals surface area contributed by atoms with E-state index in [9.17, 15) is 4.57 Å². The molecule has 3 heteroatoms. The van der Waals surface area contributed by atoms with Gasteiger partial charge in [-0.1, -0.05) is 27.7 Å². The fraction of sp³-hybridized carbons (Fsp3) is 1.00. The molecule has 0 spiro atoms. The molecule has 2 unspecified atom stereocenters. The molecule has 0 aromatic heterocycles. The summed E-state index contributed by atoms with van der Waals surface area (Å²) in [6.45, 7) is 9.32. The first-order valence-electron chi connectivity index (χ1n) is 3.94. The molecule has 0 amide bonds. The van der Waals surface area contributed by atoms with E-state index in [-0.39, 0.29) is 0 Å². The lowest BCUT2D eigenvalue weighted by Crippen LogP contribution is -2.13. The van der Waals surface area contributed by atoms with Crippen molar-refractivity contribution in [1.29, 1.82) is 0 Å². The molecule has 0 fully saturated rings. The van der Waals surface area contributed by atoms with Crippen molar-refractivity contribution in [3.05, 3.63) is 0 Å². The lowest BCUT2D eigenvalue weighted by atomic mass is 9.86. The van der Waals surface area contributed by atoms with E-state index in [4.69, 9.17) is 4.52 Å². The summed E-state index contributed by atoms with van der Waals surface area (Å²) in [5.74, 6) is 0.497. The zero-order valence-corrected chi connectivity index (χ0v) is 8.81. The Morgan fingerprint density at radius 3 is 2.36 bits per heavy atom. The molecule has 11 heavy (non-hydrogen) atoms. The van der Waals surface area contributed by atoms with E-state index in [1.807, 2.05) is 0 Å². The maximum absolute atomic E-state index is 10.0. The molecule has 2 nitrogen and oxygen atoms in total. The Bertz CT molecular complexity index is 118. The molecule has 2 atom stereocenters. The molecule has 0 aromatic carbocycles. The van der Waals surface area contributed by atoms with Crippen LogP contribution in [0.5, 0.6) is 0 Å². The molecule has 66 valence electrons. The first-order valence-corrected chi connectivity index (χ1v) is 4.76. The average molecular weight is 177 g/mol. The van der Waals surface area contributed by atoms with Crippen molar-refractivity contribution in [1.82, 2.24) is 0 Å². The second-order valence-electron chi connectivity index (χ2n) is 4.26. The van der Waals surface area contributed by atoms with E-state index >= 15 is 0 Å². The number of rotatable bonds is 4. The molecule has 0 radical (unpaired) electrons. The van der Waals surface area contributed by atoms with Crippen molar-refractivity contribution in [2.24, 2.45) is 11.3 Å². The predicted molar refractivity (Wildman–Crippen MR) is 48.2 cm³/mol. The van der Waals surface area contributed by atoms with Crippen molar-refractivity contribution in [3.8, 4) is 0 Å². The summed E-state index contributed by atoms with van der Waals surface area (Å²) in [6, 6.07) is 0. The zero-order chi connectivity index (χ0) is 8.91. The Kier molecular flexibility index (Phi) is 4.87. The van der Waals surface area contributed by atoms with Gasteiger partial charge in [0.2, 0.25) is 0 Å². The second-order valence-corrected chi connectivity index (χ2v) is 4.72. The van der Waals surface area contributed by atoms with Gasteiger partial charge in [0, 0.05) is 0 Å². The SMILES string of the molecule is CC(CO[PH+]=O)CC(C)(C)C. The maximum atomic E-state index is 10.0. The van der Waals surface area contributed by atoms with Crippen molar-refractivity contribution >= 4 is 8.69 Å². The Hall–Kier alpha value is 0.0600. The van der Waals surface area contributed by atoms with E-state index < -0.39 is 8.69 Å². The minimum Gasteiger partial charge on any atom is -0.148 e. The molecule has 0 aliphatic rings. The summed E-state index contributed by atoms with van der Waals surface area (Å²) in [5.41, 5.74) is 0.342. The smallest absolute Gasteiger partial charge is 0.148 e. The molecule has 0 aliphatic heterocycles. The minimum absolute atomic E-state index is 0.342. The fourth-order valence-corrected chi connectivity index (χ4v) is 1.63. The summed E-state index contributed by atoms with van der Waals surface area (Å²) >= 11 is 0. The molecule has 0 saturated heterocycles. The molecule has 0 bridgehead atoms. The van der Waals surface area contributed by atoms with Crippen molar-refractivity contribution in [2.45, 2.75) is 34.1 Å². The molecule has 0 heterocycles. The van der Waals surface area contributed by atoms with Gasteiger partial charge in [0.05, 0.1) is 0 Å². The third kappa shape index (κ3) is 7.96. The number of hydrogen-bond donors (Lipinski definition) is 0. The normalized spacial score (nSPS) is 15.3. The Morgan fingerprint density at radius 1 is 1.45 bits per heavy atom. The van der Waals surface area contributed by atoms with E-state index in [1.165, 1.54) is 0 Å². The van der Waals surface area contributed by atoms with E-state index in [1.54, 1.807) is 0 Å². The summed E-state index contributed by atoms with van der Waals surface area (Å²) < 4.78 is 14.8. The molecule has 0 N–H and O–H groups in total. The van der Waals surface area contributed by atoms with Gasteiger partial charge >= 0.3 is 8.69 Å². The summed E-state index contributed by atoms with van der Waals surface area (Å²) in [5, 5.41) is 0. The van der Waals surface area contributed by atoms with Crippen molar-refractivity contribution in [3.63, 3.8) is 0 Å². The van der Waals surface area contributed by atoms with Gasteiger partial charge in [-0.2, -0.15) is 0 Å². The minimum atomic E-state index is -0.613. The number of hydrogen-bond acceptors (Lipinski definition) is 2. The van der Waals surface area contributed by atoms with Crippen LogP contribution < -0.4 is 0 Å². The summed E-state index contributed by atoms with van der Waals surface area (Å²) in [4.78, 5) is 0. The molecular formula is C8H18O2P+. The molecular weight excluding hydrogens is 159 g/mol. The van der Waals surface area contributed by atoms with Crippen molar-refractivity contribution < 1.29 is 9.09 Å². The van der Waals surface area contributed by atoms with Crippen LogP contribution in [0.25, 0.3) is 0 Å². The Labute approximate surface area is 70.6 Å². The van der Waals surface area contributed by atoms with Crippen LogP contribution in [0.4, 0.5) is 0 Å². The van der Waals surface area contributed by atoms with Gasteiger partial charge in [-0.3, -0.25) is 0 Å². The van der Waals surface area contributed by atoms with E-state index in [0.717, 1.165) is 6.42 Å². The highest BCUT2D eigenvalue weighted by Crippen LogP contribution is 2.24. The lowest BCUT2D eigenvalue weighted by Gasteiger charge is -2.21. The van der Waals surface area contributed by atoms with Crippen LogP contribution in [-0.2, 0) is 9.09 Å². The molecule has 0 saturated carbocycles. The van der Waals surface area contributed by atoms with Gasteiger partial charge in [0.1, 0.15) is 6.61 Å². The van der Waals surface area contributed by atoms with Crippen LogP contribution in [0.3, 0.4) is 0 Å². The van der Waals surface area contributed by atoms with Crippen LogP contribution in [0, 0.1) is 11.3 Å². The van der Waals surface area contributed by atoms with Gasteiger partial charge in [0.25, 0.3) is 0 Å². The second kappa shape index (κ2) is 4.84. The third-order valence-electron chi connectivity index (χ3n) is 1.39. The molecule has 0 rings (SSSR count). The van der Waals surface area contributed by atoms with Gasteiger partial charge in [-0.05, 0) is 22.3 Å². The maximum Gasteiger partial charge on any atom is 0.494 e. The first kappa shape index (κ1) is 11.1. The van der Waals surface area contributed by atoms with Crippen LogP contribution in [0.2, 0.25) is 0 Å². The predicted octanol–water partition coefficient (Wildman–Crippen LogP) is 3.01. The van der Waals surface area contributed by atoms with Gasteiger partial charge in [0.15, 0.2) is 0 Å². The Morgan fingerprint density at radius 2 is 2.00 bits per heavy atom. The van der Waals surface area contributed by atoms with Gasteiger partial charge in [-0.15, -0.1) is 4.52 Å². The topological polar surface area (TPSA) is 26.3 Å². The highest BCUT2D eigenvalue weighted by Gasteiger charge is 2.16. The van der Waals surface area contributed by atoms with E-state index in [0.29, 0.717) is 17.9 Å². The average Bonchev–Trinajstić information content (AvgIpc) is 1.79. The molecule has 0 aliphatic carbocycles.